The molecule has 3 nitrogen and oxygen atoms in total. The number of nitrogens with zero attached hydrogens (tertiary/aromatic N) is 1. The van der Waals surface area contributed by atoms with Crippen molar-refractivity contribution < 1.29 is 4.79 Å². The van der Waals surface area contributed by atoms with Crippen LogP contribution < -0.4 is 5.73 Å². The van der Waals surface area contributed by atoms with E-state index in [1.54, 1.807) is 0 Å². The molecule has 0 saturated heterocycles. The lowest BCUT2D eigenvalue weighted by molar-refractivity contribution is -0.137. The number of amides is 1. The Morgan fingerprint density at radius 3 is 2.47 bits per heavy atom. The minimum absolute atomic E-state index is 0.296. The van der Waals surface area contributed by atoms with Crippen molar-refractivity contribution in [1.29, 1.82) is 0 Å². The third-order valence-corrected chi connectivity index (χ3v) is 3.21. The first-order chi connectivity index (χ1) is 7.16. The van der Waals surface area contributed by atoms with Crippen LogP contribution in [0.4, 0.5) is 0 Å². The SMILES string of the molecule is CC(C)N(CCCN)C(=O)C1CCCC1. The maximum absolute atomic E-state index is 12.2. The van der Waals surface area contributed by atoms with Crippen LogP contribution in [0.5, 0.6) is 0 Å². The van der Waals surface area contributed by atoms with Gasteiger partial charge in [-0.2, -0.15) is 0 Å². The van der Waals surface area contributed by atoms with E-state index in [-0.39, 0.29) is 0 Å². The monoisotopic (exact) mass is 212 g/mol. The molecule has 0 radical (unpaired) electrons. The first-order valence-corrected chi connectivity index (χ1v) is 6.17. The smallest absolute Gasteiger partial charge is 0.225 e. The highest BCUT2D eigenvalue weighted by atomic mass is 16.2. The van der Waals surface area contributed by atoms with Crippen LogP contribution in [0.1, 0.15) is 46.0 Å². The molecular weight excluding hydrogens is 188 g/mol. The van der Waals surface area contributed by atoms with E-state index in [9.17, 15) is 4.79 Å². The van der Waals surface area contributed by atoms with Gasteiger partial charge in [-0.1, -0.05) is 12.8 Å². The summed E-state index contributed by atoms with van der Waals surface area (Å²) in [6, 6.07) is 0.310. The van der Waals surface area contributed by atoms with E-state index < -0.39 is 0 Å². The van der Waals surface area contributed by atoms with Crippen LogP contribution in [-0.2, 0) is 4.79 Å². The predicted molar refractivity (Wildman–Crippen MR) is 62.5 cm³/mol. The Kier molecular flexibility index (Phi) is 5.09. The van der Waals surface area contributed by atoms with E-state index in [1.165, 1.54) is 12.8 Å². The molecule has 0 aromatic carbocycles. The molecule has 0 unspecified atom stereocenters. The Labute approximate surface area is 93.0 Å². The van der Waals surface area contributed by atoms with Gasteiger partial charge in [-0.3, -0.25) is 4.79 Å². The Bertz CT molecular complexity index is 198. The average molecular weight is 212 g/mol. The lowest BCUT2D eigenvalue weighted by atomic mass is 10.1. The van der Waals surface area contributed by atoms with Gasteiger partial charge in [-0.15, -0.1) is 0 Å². The highest BCUT2D eigenvalue weighted by molar-refractivity contribution is 5.79. The van der Waals surface area contributed by atoms with Crippen molar-refractivity contribution in [2.75, 3.05) is 13.1 Å². The maximum atomic E-state index is 12.2. The second-order valence-corrected chi connectivity index (χ2v) is 4.75. The summed E-state index contributed by atoms with van der Waals surface area (Å²) in [6.07, 6.45) is 5.53. The largest absolute Gasteiger partial charge is 0.340 e. The van der Waals surface area contributed by atoms with Gasteiger partial charge in [0.25, 0.3) is 0 Å². The van der Waals surface area contributed by atoms with E-state index in [2.05, 4.69) is 13.8 Å². The van der Waals surface area contributed by atoms with Crippen LogP contribution in [0.25, 0.3) is 0 Å². The van der Waals surface area contributed by atoms with E-state index in [0.29, 0.717) is 24.4 Å². The van der Waals surface area contributed by atoms with Crippen molar-refractivity contribution in [3.8, 4) is 0 Å². The molecule has 0 aliphatic heterocycles. The summed E-state index contributed by atoms with van der Waals surface area (Å²) >= 11 is 0. The zero-order chi connectivity index (χ0) is 11.3. The van der Waals surface area contributed by atoms with Gasteiger partial charge in [0.2, 0.25) is 5.91 Å². The molecule has 0 aromatic rings. The second kappa shape index (κ2) is 6.11. The molecule has 0 heterocycles. The lowest BCUT2D eigenvalue weighted by Crippen LogP contribution is -2.41. The van der Waals surface area contributed by atoms with Crippen molar-refractivity contribution >= 4 is 5.91 Å². The van der Waals surface area contributed by atoms with E-state index >= 15 is 0 Å². The maximum Gasteiger partial charge on any atom is 0.225 e. The van der Waals surface area contributed by atoms with Crippen molar-refractivity contribution in [3.63, 3.8) is 0 Å². The molecule has 0 atom stereocenters. The molecule has 0 bridgehead atoms. The molecule has 1 fully saturated rings. The summed E-state index contributed by atoms with van der Waals surface area (Å²) < 4.78 is 0. The van der Waals surface area contributed by atoms with Gasteiger partial charge < -0.3 is 10.6 Å². The van der Waals surface area contributed by atoms with Crippen molar-refractivity contribution in [2.24, 2.45) is 11.7 Å². The first-order valence-electron chi connectivity index (χ1n) is 6.17. The summed E-state index contributed by atoms with van der Waals surface area (Å²) in [5.41, 5.74) is 5.49. The quantitative estimate of drug-likeness (QED) is 0.755. The molecule has 15 heavy (non-hydrogen) atoms. The summed E-state index contributed by atoms with van der Waals surface area (Å²) in [5.74, 6) is 0.654. The Morgan fingerprint density at radius 1 is 1.40 bits per heavy atom. The molecule has 1 amide bonds. The molecule has 1 aliphatic rings. The first kappa shape index (κ1) is 12.5. The van der Waals surface area contributed by atoms with E-state index in [1.807, 2.05) is 4.90 Å². The number of hydrogen-bond acceptors (Lipinski definition) is 2. The molecule has 1 aliphatic carbocycles. The highest BCUT2D eigenvalue weighted by Crippen LogP contribution is 2.27. The molecule has 3 heteroatoms. The third kappa shape index (κ3) is 3.49. The van der Waals surface area contributed by atoms with Gasteiger partial charge >= 0.3 is 0 Å². The van der Waals surface area contributed by atoms with E-state index in [0.717, 1.165) is 25.8 Å². The van der Waals surface area contributed by atoms with Gasteiger partial charge in [0.05, 0.1) is 0 Å². The minimum atomic E-state index is 0.296. The van der Waals surface area contributed by atoms with E-state index in [4.69, 9.17) is 5.73 Å². The molecule has 1 saturated carbocycles. The second-order valence-electron chi connectivity index (χ2n) is 4.75. The summed E-state index contributed by atoms with van der Waals surface area (Å²) in [6.45, 7) is 5.66. The topological polar surface area (TPSA) is 46.3 Å². The molecule has 2 N–H and O–H groups in total. The van der Waals surface area contributed by atoms with Crippen LogP contribution >= 0.6 is 0 Å². The zero-order valence-electron chi connectivity index (χ0n) is 10.0. The van der Waals surface area contributed by atoms with Crippen LogP contribution in [0.15, 0.2) is 0 Å². The fourth-order valence-corrected chi connectivity index (χ4v) is 2.29. The van der Waals surface area contributed by atoms with Gasteiger partial charge in [0, 0.05) is 18.5 Å². The third-order valence-electron chi connectivity index (χ3n) is 3.21. The fourth-order valence-electron chi connectivity index (χ4n) is 2.29. The number of hydrogen-bond donors (Lipinski definition) is 1. The molecule has 0 aromatic heterocycles. The van der Waals surface area contributed by atoms with Gasteiger partial charge in [-0.25, -0.2) is 0 Å². The number of carbonyl (C=O) groups is 1. The molecule has 88 valence electrons. The van der Waals surface area contributed by atoms with Gasteiger partial charge in [0.1, 0.15) is 0 Å². The Hall–Kier alpha value is -0.570. The van der Waals surface area contributed by atoms with Crippen LogP contribution in [-0.4, -0.2) is 29.9 Å². The normalized spacial score (nSPS) is 17.3. The summed E-state index contributed by atoms with van der Waals surface area (Å²) in [7, 11) is 0. The van der Waals surface area contributed by atoms with Crippen molar-refractivity contribution in [1.82, 2.24) is 4.90 Å². The summed E-state index contributed by atoms with van der Waals surface area (Å²) in [4.78, 5) is 14.2. The average Bonchev–Trinajstić information content (AvgIpc) is 2.70. The van der Waals surface area contributed by atoms with Crippen molar-refractivity contribution in [2.45, 2.75) is 52.0 Å². The standard InChI is InChI=1S/C12H24N2O/c1-10(2)14(9-5-8-13)12(15)11-6-3-4-7-11/h10-11H,3-9,13H2,1-2H3. The van der Waals surface area contributed by atoms with Crippen LogP contribution in [0, 0.1) is 5.92 Å². The minimum Gasteiger partial charge on any atom is -0.340 e. The Morgan fingerprint density at radius 2 is 2.00 bits per heavy atom. The van der Waals surface area contributed by atoms with Gasteiger partial charge in [0.15, 0.2) is 0 Å². The Balaban J connectivity index is 2.49. The van der Waals surface area contributed by atoms with Gasteiger partial charge in [-0.05, 0) is 39.7 Å². The lowest BCUT2D eigenvalue weighted by Gasteiger charge is -2.29. The number of nitrogens with two attached hydrogens (primary N) is 1. The molecule has 0 spiro atoms. The molecular formula is C12H24N2O. The van der Waals surface area contributed by atoms with Crippen molar-refractivity contribution in [3.05, 3.63) is 0 Å². The van der Waals surface area contributed by atoms with Crippen LogP contribution in [0.2, 0.25) is 0 Å². The number of rotatable bonds is 5. The van der Waals surface area contributed by atoms with Crippen LogP contribution in [0.3, 0.4) is 0 Å². The number of carbonyl (C=O) groups excluding carboxylic acids is 1. The fraction of sp³-hybridized carbons (Fsp3) is 0.917. The summed E-state index contributed by atoms with van der Waals surface area (Å²) in [5, 5.41) is 0. The highest BCUT2D eigenvalue weighted by Gasteiger charge is 2.27. The predicted octanol–water partition coefficient (Wildman–Crippen LogP) is 1.76. The zero-order valence-corrected chi connectivity index (χ0v) is 10.0. The molecule has 1 rings (SSSR count).